The lowest BCUT2D eigenvalue weighted by atomic mass is 10.1. The molecule has 0 atom stereocenters. The van der Waals surface area contributed by atoms with Crippen LogP contribution in [0.1, 0.15) is 42.3 Å². The van der Waals surface area contributed by atoms with Crippen LogP contribution in [0, 0.1) is 0 Å². The normalized spacial score (nSPS) is 11.1. The maximum atomic E-state index is 12.5. The summed E-state index contributed by atoms with van der Waals surface area (Å²) in [5, 5.41) is 7.90. The Morgan fingerprint density at radius 3 is 2.66 bits per heavy atom. The minimum atomic E-state index is -4.18. The van der Waals surface area contributed by atoms with Gasteiger partial charge in [0, 0.05) is 6.42 Å². The molecule has 2 rings (SSSR count). The Morgan fingerprint density at radius 1 is 1.28 bits per heavy atom. The molecule has 0 saturated carbocycles. The number of carbonyl (C=O) groups is 2. The molecule has 11 heteroatoms. The summed E-state index contributed by atoms with van der Waals surface area (Å²) in [4.78, 5) is 23.5. The van der Waals surface area contributed by atoms with Crippen molar-refractivity contribution in [3.63, 3.8) is 0 Å². The van der Waals surface area contributed by atoms with Gasteiger partial charge in [0.15, 0.2) is 0 Å². The Hall–Kier alpha value is -2.56. The highest BCUT2D eigenvalue weighted by molar-refractivity contribution is 7.89. The van der Waals surface area contributed by atoms with Crippen LogP contribution in [-0.4, -0.2) is 27.1 Å². The number of benzene rings is 1. The Bertz CT molecular complexity index is 959. The number of anilines is 1. The summed E-state index contributed by atoms with van der Waals surface area (Å²) in [6, 6.07) is 5.65. The largest absolute Gasteiger partial charge is 0.467 e. The van der Waals surface area contributed by atoms with Gasteiger partial charge in [0.1, 0.15) is 10.7 Å². The van der Waals surface area contributed by atoms with E-state index in [0.717, 1.165) is 12.5 Å². The van der Waals surface area contributed by atoms with Gasteiger partial charge in [-0.05, 0) is 30.7 Å². The number of carbonyl (C=O) groups excluding carboxylic acids is 2. The molecule has 0 radical (unpaired) electrons. The summed E-state index contributed by atoms with van der Waals surface area (Å²) in [5.74, 6) is -0.852. The molecule has 0 saturated heterocycles. The van der Waals surface area contributed by atoms with Gasteiger partial charge < -0.3 is 19.2 Å². The van der Waals surface area contributed by atoms with E-state index in [-0.39, 0.29) is 29.2 Å². The molecule has 0 bridgehead atoms. The summed E-state index contributed by atoms with van der Waals surface area (Å²) in [7, 11) is -4.18. The number of hydrogen-bond acceptors (Lipinski definition) is 8. The maximum Gasteiger partial charge on any atom is 0.343 e. The van der Waals surface area contributed by atoms with Crippen LogP contribution in [0.4, 0.5) is 5.69 Å². The summed E-state index contributed by atoms with van der Waals surface area (Å²) in [6.07, 6.45) is 3.17. The molecule has 1 aromatic heterocycles. The number of hydrogen-bond donors (Lipinski definition) is 2. The molecule has 3 N–H and O–H groups in total. The topological polar surface area (TPSA) is 138 Å². The number of rotatable bonds is 10. The van der Waals surface area contributed by atoms with Crippen LogP contribution in [-0.2, 0) is 30.8 Å². The van der Waals surface area contributed by atoms with Gasteiger partial charge >= 0.3 is 11.9 Å². The number of furan rings is 1. The molecule has 0 aliphatic carbocycles. The van der Waals surface area contributed by atoms with Gasteiger partial charge in [-0.1, -0.05) is 24.9 Å². The molecule has 29 heavy (non-hydrogen) atoms. The third kappa shape index (κ3) is 6.77. The molecular formula is C18H21ClN2O7S. The van der Waals surface area contributed by atoms with E-state index >= 15 is 0 Å². The number of nitrogens with one attached hydrogen (secondary N) is 1. The van der Waals surface area contributed by atoms with Crippen molar-refractivity contribution in [3.8, 4) is 0 Å². The highest BCUT2D eigenvalue weighted by atomic mass is 35.5. The fourth-order valence-corrected chi connectivity index (χ4v) is 3.40. The second-order valence-corrected chi connectivity index (χ2v) is 7.91. The quantitative estimate of drug-likeness (QED) is 0.421. The molecule has 1 heterocycles. The zero-order chi connectivity index (χ0) is 21.4. The van der Waals surface area contributed by atoms with Crippen LogP contribution in [0.2, 0.25) is 5.02 Å². The fraction of sp³-hybridized carbons (Fsp3) is 0.333. The third-order valence-electron chi connectivity index (χ3n) is 3.78. The lowest BCUT2D eigenvalue weighted by molar-refractivity contribution is -0.152. The molecule has 0 aliphatic heterocycles. The average Bonchev–Trinajstić information content (AvgIpc) is 3.17. The SMILES string of the molecule is CCCCC(=O)OCOC(=O)c1cc(S(N)(=O)=O)c(Cl)cc1NCc1ccco1. The Kier molecular flexibility index (Phi) is 8.06. The first-order chi connectivity index (χ1) is 13.7. The molecule has 0 amide bonds. The van der Waals surface area contributed by atoms with Crippen LogP contribution >= 0.6 is 11.6 Å². The summed E-state index contributed by atoms with van der Waals surface area (Å²) in [5.41, 5.74) is 0.0516. The van der Waals surface area contributed by atoms with Crippen molar-refractivity contribution < 1.29 is 31.9 Å². The monoisotopic (exact) mass is 444 g/mol. The van der Waals surface area contributed by atoms with Crippen LogP contribution in [0.25, 0.3) is 0 Å². The average molecular weight is 445 g/mol. The van der Waals surface area contributed by atoms with E-state index in [0.29, 0.717) is 12.2 Å². The van der Waals surface area contributed by atoms with Crippen molar-refractivity contribution in [2.24, 2.45) is 5.14 Å². The van der Waals surface area contributed by atoms with Crippen molar-refractivity contribution in [1.82, 2.24) is 0 Å². The maximum absolute atomic E-state index is 12.5. The van der Waals surface area contributed by atoms with E-state index in [2.05, 4.69) is 5.32 Å². The van der Waals surface area contributed by atoms with E-state index in [1.165, 1.54) is 12.3 Å². The molecule has 0 spiro atoms. The smallest absolute Gasteiger partial charge is 0.343 e. The van der Waals surface area contributed by atoms with Crippen molar-refractivity contribution >= 4 is 39.3 Å². The second-order valence-electron chi connectivity index (χ2n) is 5.98. The van der Waals surface area contributed by atoms with Gasteiger partial charge in [0.2, 0.25) is 16.8 Å². The highest BCUT2D eigenvalue weighted by Crippen LogP contribution is 2.29. The van der Waals surface area contributed by atoms with Gasteiger partial charge in [0.05, 0.1) is 29.1 Å². The number of unbranched alkanes of at least 4 members (excludes halogenated alkanes) is 1. The van der Waals surface area contributed by atoms with Crippen LogP contribution in [0.15, 0.2) is 39.8 Å². The molecule has 1 aromatic carbocycles. The Balaban J connectivity index is 2.18. The van der Waals surface area contributed by atoms with Crippen LogP contribution < -0.4 is 10.5 Å². The van der Waals surface area contributed by atoms with Gasteiger partial charge in [-0.15, -0.1) is 0 Å². The van der Waals surface area contributed by atoms with Gasteiger partial charge in [-0.25, -0.2) is 18.4 Å². The predicted molar refractivity (Wildman–Crippen MR) is 105 cm³/mol. The number of ether oxygens (including phenoxy) is 2. The first-order valence-corrected chi connectivity index (χ1v) is 10.6. The number of halogens is 1. The van der Waals surface area contributed by atoms with Gasteiger partial charge in [-0.2, -0.15) is 0 Å². The molecule has 0 aliphatic rings. The first kappa shape index (κ1) is 22.7. The molecule has 158 valence electrons. The fourth-order valence-electron chi connectivity index (χ4n) is 2.30. The van der Waals surface area contributed by atoms with Gasteiger partial charge in [0.25, 0.3) is 0 Å². The first-order valence-electron chi connectivity index (χ1n) is 8.67. The lowest BCUT2D eigenvalue weighted by Gasteiger charge is -2.14. The van der Waals surface area contributed by atoms with Gasteiger partial charge in [-0.3, -0.25) is 4.79 Å². The van der Waals surface area contributed by atoms with Crippen LogP contribution in [0.5, 0.6) is 0 Å². The number of nitrogens with two attached hydrogens (primary N) is 1. The van der Waals surface area contributed by atoms with E-state index in [4.69, 9.17) is 30.6 Å². The van der Waals surface area contributed by atoms with Crippen molar-refractivity contribution in [1.29, 1.82) is 0 Å². The molecule has 0 unspecified atom stereocenters. The minimum absolute atomic E-state index is 0.144. The van der Waals surface area contributed by atoms with E-state index in [9.17, 15) is 18.0 Å². The number of sulfonamides is 1. The number of primary sulfonamides is 1. The van der Waals surface area contributed by atoms with E-state index in [1.807, 2.05) is 6.92 Å². The Labute approximate surface area is 173 Å². The summed E-state index contributed by atoms with van der Waals surface area (Å²) in [6.45, 7) is 1.52. The zero-order valence-electron chi connectivity index (χ0n) is 15.6. The number of esters is 2. The summed E-state index contributed by atoms with van der Waals surface area (Å²) >= 11 is 6.00. The standard InChI is InChI=1S/C18H21ClN2O7S/c1-2-3-6-17(22)27-11-28-18(23)13-8-16(29(20,24)25)14(19)9-15(13)21-10-12-5-4-7-26-12/h4-5,7-9,21H,2-3,6,10-11H2,1H3,(H2,20,24,25). The Morgan fingerprint density at radius 2 is 2.03 bits per heavy atom. The second kappa shape index (κ2) is 10.3. The van der Waals surface area contributed by atoms with Crippen LogP contribution in [0.3, 0.4) is 0 Å². The molecule has 0 fully saturated rings. The lowest BCUT2D eigenvalue weighted by Crippen LogP contribution is -2.17. The predicted octanol–water partition coefficient (Wildman–Crippen LogP) is 3.04. The molecule has 9 nitrogen and oxygen atoms in total. The molecular weight excluding hydrogens is 424 g/mol. The van der Waals surface area contributed by atoms with Crippen molar-refractivity contribution in [2.45, 2.75) is 37.6 Å². The minimum Gasteiger partial charge on any atom is -0.467 e. The highest BCUT2D eigenvalue weighted by Gasteiger charge is 2.22. The zero-order valence-corrected chi connectivity index (χ0v) is 17.2. The van der Waals surface area contributed by atoms with E-state index < -0.39 is 33.7 Å². The summed E-state index contributed by atoms with van der Waals surface area (Å²) < 4.78 is 38.4. The van der Waals surface area contributed by atoms with Crippen molar-refractivity contribution in [3.05, 3.63) is 46.9 Å². The molecule has 2 aromatic rings. The van der Waals surface area contributed by atoms with Crippen molar-refractivity contribution in [2.75, 3.05) is 12.1 Å². The third-order valence-corrected chi connectivity index (χ3v) is 5.15. The van der Waals surface area contributed by atoms with E-state index in [1.54, 1.807) is 12.1 Å².